The normalized spacial score (nSPS) is 27.7. The van der Waals surface area contributed by atoms with Gasteiger partial charge in [-0.3, -0.25) is 24.6 Å². The molecular weight excluding hydrogens is 354 g/mol. The monoisotopic (exact) mass is 377 g/mol. The molecule has 3 atom stereocenters. The maximum atomic E-state index is 13.2. The summed E-state index contributed by atoms with van der Waals surface area (Å²) in [6, 6.07) is 9.33. The van der Waals surface area contributed by atoms with E-state index in [1.807, 2.05) is 18.2 Å². The van der Waals surface area contributed by atoms with E-state index in [1.54, 1.807) is 4.90 Å². The maximum Gasteiger partial charge on any atom is 0.259 e. The number of amides is 3. The molecule has 0 radical (unpaired) electrons. The predicted octanol–water partition coefficient (Wildman–Crippen LogP) is 2.27. The van der Waals surface area contributed by atoms with E-state index in [1.165, 1.54) is 5.56 Å². The molecule has 0 aromatic heterocycles. The van der Waals surface area contributed by atoms with Crippen LogP contribution in [0.4, 0.5) is 5.69 Å². The number of likely N-dealkylation sites (tertiary alicyclic amines) is 1. The van der Waals surface area contributed by atoms with Crippen molar-refractivity contribution in [1.29, 1.82) is 0 Å². The summed E-state index contributed by atoms with van der Waals surface area (Å²) in [6.45, 7) is 4.35. The van der Waals surface area contributed by atoms with Crippen LogP contribution in [0.2, 0.25) is 0 Å². The van der Waals surface area contributed by atoms with Crippen LogP contribution >= 0.6 is 0 Å². The van der Waals surface area contributed by atoms with E-state index in [-0.39, 0.29) is 24.1 Å². The molecular formula is C22H23N3O3. The summed E-state index contributed by atoms with van der Waals surface area (Å²) in [6.07, 6.45) is 0.613. The van der Waals surface area contributed by atoms with Crippen LogP contribution in [0.15, 0.2) is 30.3 Å². The van der Waals surface area contributed by atoms with Crippen molar-refractivity contribution in [3.63, 3.8) is 0 Å². The lowest BCUT2D eigenvalue weighted by molar-refractivity contribution is -0.134. The Morgan fingerprint density at radius 2 is 1.89 bits per heavy atom. The van der Waals surface area contributed by atoms with Gasteiger partial charge in [0.25, 0.3) is 5.91 Å². The van der Waals surface area contributed by atoms with Gasteiger partial charge < -0.3 is 4.90 Å². The minimum atomic E-state index is -0.636. The third-order valence-corrected chi connectivity index (χ3v) is 6.48. The summed E-state index contributed by atoms with van der Waals surface area (Å²) >= 11 is 0. The molecule has 0 spiro atoms. The fourth-order valence-electron chi connectivity index (χ4n) is 5.20. The molecule has 28 heavy (non-hydrogen) atoms. The van der Waals surface area contributed by atoms with Crippen LogP contribution in [0.1, 0.15) is 41.6 Å². The molecule has 6 heteroatoms. The molecule has 3 aliphatic heterocycles. The Balaban J connectivity index is 1.63. The first-order chi connectivity index (χ1) is 13.5. The number of hydrogen-bond donors (Lipinski definition) is 1. The minimum absolute atomic E-state index is 0.149. The molecule has 2 fully saturated rings. The Labute approximate surface area is 163 Å². The Hall–Kier alpha value is -2.73. The van der Waals surface area contributed by atoms with E-state index < -0.39 is 6.04 Å². The van der Waals surface area contributed by atoms with Gasteiger partial charge in [-0.25, -0.2) is 0 Å². The molecule has 2 aromatic carbocycles. The molecule has 3 unspecified atom stereocenters. The highest BCUT2D eigenvalue weighted by Gasteiger charge is 2.41. The number of rotatable bonds is 2. The van der Waals surface area contributed by atoms with Crippen molar-refractivity contribution < 1.29 is 14.4 Å². The van der Waals surface area contributed by atoms with E-state index >= 15 is 0 Å². The van der Waals surface area contributed by atoms with Crippen molar-refractivity contribution in [2.75, 3.05) is 25.0 Å². The Morgan fingerprint density at radius 1 is 1.07 bits per heavy atom. The van der Waals surface area contributed by atoms with Crippen molar-refractivity contribution >= 4 is 34.2 Å². The predicted molar refractivity (Wildman–Crippen MR) is 106 cm³/mol. The number of carbonyl (C=O) groups excluding carboxylic acids is 3. The highest BCUT2D eigenvalue weighted by Crippen LogP contribution is 2.44. The summed E-state index contributed by atoms with van der Waals surface area (Å²) in [4.78, 5) is 41.1. The zero-order valence-electron chi connectivity index (χ0n) is 16.1. The van der Waals surface area contributed by atoms with Gasteiger partial charge in [-0.1, -0.05) is 25.1 Å². The molecule has 3 aliphatic rings. The lowest BCUT2D eigenvalue weighted by Gasteiger charge is -2.30. The number of likely N-dealkylation sites (N-methyl/N-ethyl adjacent to an activating group) is 1. The van der Waals surface area contributed by atoms with E-state index in [2.05, 4.69) is 36.3 Å². The first-order valence-electron chi connectivity index (χ1n) is 9.87. The largest absolute Gasteiger partial charge is 0.305 e. The van der Waals surface area contributed by atoms with Gasteiger partial charge in [0.15, 0.2) is 0 Å². The molecule has 1 N–H and O–H groups in total. The van der Waals surface area contributed by atoms with Crippen molar-refractivity contribution in [3.8, 4) is 0 Å². The fraction of sp³-hybridized carbons (Fsp3) is 0.409. The average molecular weight is 377 g/mol. The zero-order valence-corrected chi connectivity index (χ0v) is 16.1. The van der Waals surface area contributed by atoms with Gasteiger partial charge in [0.1, 0.15) is 6.04 Å². The van der Waals surface area contributed by atoms with Crippen LogP contribution in [0, 0.1) is 5.92 Å². The molecule has 0 saturated carbocycles. The summed E-state index contributed by atoms with van der Waals surface area (Å²) in [5, 5.41) is 4.42. The number of carbonyl (C=O) groups is 3. The number of benzene rings is 2. The second-order valence-corrected chi connectivity index (χ2v) is 8.35. The lowest BCUT2D eigenvalue weighted by Crippen LogP contribution is -2.53. The number of imide groups is 1. The van der Waals surface area contributed by atoms with Crippen LogP contribution in [-0.4, -0.2) is 48.8 Å². The van der Waals surface area contributed by atoms with E-state index in [0.29, 0.717) is 23.8 Å². The first-order valence-corrected chi connectivity index (χ1v) is 9.87. The summed E-state index contributed by atoms with van der Waals surface area (Å²) in [7, 11) is 2.14. The summed E-state index contributed by atoms with van der Waals surface area (Å²) in [5.41, 5.74) is 2.71. The van der Waals surface area contributed by atoms with E-state index in [4.69, 9.17) is 0 Å². The first kappa shape index (κ1) is 17.4. The van der Waals surface area contributed by atoms with Crippen LogP contribution < -0.4 is 10.2 Å². The summed E-state index contributed by atoms with van der Waals surface area (Å²) in [5.74, 6) is 0.161. The van der Waals surface area contributed by atoms with Crippen LogP contribution in [-0.2, 0) is 9.59 Å². The van der Waals surface area contributed by atoms with Gasteiger partial charge in [-0.15, -0.1) is 0 Å². The highest BCUT2D eigenvalue weighted by atomic mass is 16.2. The Morgan fingerprint density at radius 3 is 2.61 bits per heavy atom. The van der Waals surface area contributed by atoms with E-state index in [0.717, 1.165) is 29.5 Å². The highest BCUT2D eigenvalue weighted by molar-refractivity contribution is 6.27. The lowest BCUT2D eigenvalue weighted by atomic mass is 9.86. The quantitative estimate of drug-likeness (QED) is 0.815. The second kappa shape index (κ2) is 6.14. The minimum Gasteiger partial charge on any atom is -0.305 e. The molecule has 5 rings (SSSR count). The topological polar surface area (TPSA) is 69.7 Å². The van der Waals surface area contributed by atoms with Gasteiger partial charge in [-0.05, 0) is 42.5 Å². The standard InChI is InChI=1S/C22H23N3O3/c1-12-10-24(2)11-16(12)13-6-7-15-20-14(13)4-3-5-17(20)25(22(15)28)18-8-9-19(26)23-21(18)27/h3-7,12,16,18H,8-11H2,1-2H3,(H,23,26,27). The van der Waals surface area contributed by atoms with Gasteiger partial charge in [-0.2, -0.15) is 0 Å². The van der Waals surface area contributed by atoms with Gasteiger partial charge in [0.2, 0.25) is 11.8 Å². The molecule has 3 amide bonds. The van der Waals surface area contributed by atoms with Crippen LogP contribution in [0.3, 0.4) is 0 Å². The molecule has 3 heterocycles. The van der Waals surface area contributed by atoms with Gasteiger partial charge >= 0.3 is 0 Å². The van der Waals surface area contributed by atoms with Crippen molar-refractivity contribution in [2.24, 2.45) is 5.92 Å². The fourth-order valence-corrected chi connectivity index (χ4v) is 5.20. The third-order valence-electron chi connectivity index (χ3n) is 6.48. The SMILES string of the molecule is CC1CN(C)CC1c1ccc2c3c(cccc13)N(C1CCC(=O)NC1=O)C2=O. The molecule has 0 bridgehead atoms. The van der Waals surface area contributed by atoms with Crippen LogP contribution in [0.25, 0.3) is 10.8 Å². The molecule has 2 aromatic rings. The molecule has 0 aliphatic carbocycles. The Bertz CT molecular complexity index is 1030. The number of anilines is 1. The van der Waals surface area contributed by atoms with Crippen LogP contribution in [0.5, 0.6) is 0 Å². The van der Waals surface area contributed by atoms with Crippen molar-refractivity contribution in [3.05, 3.63) is 41.5 Å². The zero-order chi connectivity index (χ0) is 19.6. The second-order valence-electron chi connectivity index (χ2n) is 8.35. The number of hydrogen-bond acceptors (Lipinski definition) is 4. The van der Waals surface area contributed by atoms with Gasteiger partial charge in [0, 0.05) is 36.4 Å². The number of nitrogens with one attached hydrogen (secondary N) is 1. The smallest absolute Gasteiger partial charge is 0.259 e. The van der Waals surface area contributed by atoms with E-state index in [9.17, 15) is 14.4 Å². The van der Waals surface area contributed by atoms with Gasteiger partial charge in [0.05, 0.1) is 5.69 Å². The summed E-state index contributed by atoms with van der Waals surface area (Å²) < 4.78 is 0. The maximum absolute atomic E-state index is 13.2. The van der Waals surface area contributed by atoms with Crippen molar-refractivity contribution in [2.45, 2.75) is 31.7 Å². The molecule has 6 nitrogen and oxygen atoms in total. The molecule has 2 saturated heterocycles. The molecule has 144 valence electrons. The van der Waals surface area contributed by atoms with Crippen molar-refractivity contribution in [1.82, 2.24) is 10.2 Å². The third kappa shape index (κ3) is 2.41. The Kier molecular flexibility index (Phi) is 3.81. The average Bonchev–Trinajstić information content (AvgIpc) is 3.14. The number of nitrogens with zero attached hydrogens (tertiary/aromatic N) is 2. The number of piperidine rings is 1.